The first-order valence-corrected chi connectivity index (χ1v) is 3.61. The summed E-state index contributed by atoms with van der Waals surface area (Å²) in [4.78, 5) is 0. The molecule has 3 heteroatoms. The molecule has 0 saturated heterocycles. The van der Waals surface area contributed by atoms with Crippen molar-refractivity contribution in [1.29, 1.82) is 15.8 Å². The average Bonchev–Trinajstić information content (AvgIpc) is 2.20. The second-order valence-corrected chi connectivity index (χ2v) is 2.39. The second-order valence-electron chi connectivity index (χ2n) is 2.39. The van der Waals surface area contributed by atoms with Crippen molar-refractivity contribution in [3.63, 3.8) is 0 Å². The summed E-state index contributed by atoms with van der Waals surface area (Å²) in [5, 5.41) is 25.9. The Morgan fingerprint density at radius 1 is 1.00 bits per heavy atom. The number of nitrogens with zero attached hydrogens (tertiary/aromatic N) is 3. The Hall–Kier alpha value is -2.31. The summed E-state index contributed by atoms with van der Waals surface area (Å²) in [6, 6.07) is 12.2. The fourth-order valence-electron chi connectivity index (χ4n) is 1.02. The van der Waals surface area contributed by atoms with E-state index in [1.165, 1.54) is 0 Å². The van der Waals surface area contributed by atoms with Crippen LogP contribution < -0.4 is 0 Å². The van der Waals surface area contributed by atoms with Gasteiger partial charge in [0.15, 0.2) is 5.92 Å². The van der Waals surface area contributed by atoms with Crippen LogP contribution in [-0.2, 0) is 0 Å². The van der Waals surface area contributed by atoms with Crippen molar-refractivity contribution in [3.05, 3.63) is 35.4 Å². The lowest BCUT2D eigenvalue weighted by Crippen LogP contribution is -1.95. The molecule has 0 bridgehead atoms. The molecule has 0 unspecified atom stereocenters. The third-order valence-electron chi connectivity index (χ3n) is 1.65. The first kappa shape index (κ1) is 8.78. The van der Waals surface area contributed by atoms with Gasteiger partial charge in [0.2, 0.25) is 0 Å². The van der Waals surface area contributed by atoms with Crippen LogP contribution in [0.1, 0.15) is 17.0 Å². The molecule has 0 N–H and O–H groups in total. The minimum absolute atomic E-state index is 0.385. The Morgan fingerprint density at radius 3 is 2.15 bits per heavy atom. The van der Waals surface area contributed by atoms with Gasteiger partial charge in [0.1, 0.15) is 0 Å². The van der Waals surface area contributed by atoms with E-state index in [1.807, 2.05) is 18.2 Å². The third kappa shape index (κ3) is 1.64. The molecule has 13 heavy (non-hydrogen) atoms. The van der Waals surface area contributed by atoms with Gasteiger partial charge in [-0.3, -0.25) is 0 Å². The lowest BCUT2D eigenvalue weighted by Gasteiger charge is -2.01. The standard InChI is InChI=1S/C10H5N3/c11-5-8-3-1-2-4-10(8)9(6-12)7-13/h1-4,9H. The van der Waals surface area contributed by atoms with Crippen LogP contribution in [0.2, 0.25) is 0 Å². The Bertz CT molecular complexity index is 415. The van der Waals surface area contributed by atoms with Crippen LogP contribution >= 0.6 is 0 Å². The maximum Gasteiger partial charge on any atom is 0.159 e. The van der Waals surface area contributed by atoms with Crippen LogP contribution in [0.4, 0.5) is 0 Å². The van der Waals surface area contributed by atoms with Gasteiger partial charge in [-0.1, -0.05) is 18.2 Å². The second kappa shape index (κ2) is 3.90. The summed E-state index contributed by atoms with van der Waals surface area (Å²) in [5.74, 6) is -0.851. The van der Waals surface area contributed by atoms with Crippen LogP contribution in [0.25, 0.3) is 0 Å². The van der Waals surface area contributed by atoms with Crippen LogP contribution in [0, 0.1) is 34.0 Å². The van der Waals surface area contributed by atoms with Crippen molar-refractivity contribution >= 4 is 0 Å². The zero-order valence-corrected chi connectivity index (χ0v) is 6.73. The molecule has 1 aromatic rings. The van der Waals surface area contributed by atoms with Crippen LogP contribution in [0.15, 0.2) is 24.3 Å². The number of benzene rings is 1. The van der Waals surface area contributed by atoms with Crippen molar-refractivity contribution in [3.8, 4) is 18.2 Å². The molecule has 0 amide bonds. The van der Waals surface area contributed by atoms with E-state index in [1.54, 1.807) is 24.3 Å². The predicted molar refractivity (Wildman–Crippen MR) is 45.1 cm³/mol. The molecule has 0 aromatic heterocycles. The highest BCUT2D eigenvalue weighted by Gasteiger charge is 2.12. The highest BCUT2D eigenvalue weighted by molar-refractivity contribution is 5.44. The molecule has 1 rings (SSSR count). The fraction of sp³-hybridized carbons (Fsp3) is 0.100. The van der Waals surface area contributed by atoms with E-state index in [4.69, 9.17) is 15.8 Å². The van der Waals surface area contributed by atoms with E-state index < -0.39 is 5.92 Å². The lowest BCUT2D eigenvalue weighted by atomic mass is 9.97. The smallest absolute Gasteiger partial charge is 0.159 e. The quantitative estimate of drug-likeness (QED) is 0.638. The molecule has 0 spiro atoms. The fourth-order valence-corrected chi connectivity index (χ4v) is 1.02. The van der Waals surface area contributed by atoms with Gasteiger partial charge in [-0.25, -0.2) is 0 Å². The Labute approximate surface area is 76.1 Å². The lowest BCUT2D eigenvalue weighted by molar-refractivity contribution is 1.09. The first-order valence-electron chi connectivity index (χ1n) is 3.61. The molecule has 0 atom stereocenters. The van der Waals surface area contributed by atoms with Crippen molar-refractivity contribution in [2.75, 3.05) is 0 Å². The van der Waals surface area contributed by atoms with Gasteiger partial charge in [0.25, 0.3) is 0 Å². The van der Waals surface area contributed by atoms with Gasteiger partial charge in [0.05, 0.1) is 23.8 Å². The highest BCUT2D eigenvalue weighted by atomic mass is 14.3. The topological polar surface area (TPSA) is 71.4 Å². The average molecular weight is 167 g/mol. The van der Waals surface area contributed by atoms with Crippen LogP contribution in [0.3, 0.4) is 0 Å². The Balaban J connectivity index is 3.25. The number of hydrogen-bond donors (Lipinski definition) is 0. The predicted octanol–water partition coefficient (Wildman–Crippen LogP) is 1.69. The van der Waals surface area contributed by atoms with Gasteiger partial charge in [-0.15, -0.1) is 0 Å². The number of hydrogen-bond acceptors (Lipinski definition) is 3. The van der Waals surface area contributed by atoms with E-state index in [-0.39, 0.29) is 0 Å². The molecule has 0 saturated carbocycles. The molecule has 0 aliphatic heterocycles. The largest absolute Gasteiger partial charge is 0.196 e. The molecular formula is C10H5N3. The molecule has 0 radical (unpaired) electrons. The molecular weight excluding hydrogens is 162 g/mol. The van der Waals surface area contributed by atoms with E-state index in [9.17, 15) is 0 Å². The maximum atomic E-state index is 8.69. The van der Waals surface area contributed by atoms with E-state index >= 15 is 0 Å². The van der Waals surface area contributed by atoms with Crippen molar-refractivity contribution in [2.45, 2.75) is 5.92 Å². The Kier molecular flexibility index (Phi) is 2.64. The summed E-state index contributed by atoms with van der Waals surface area (Å²) in [6.45, 7) is 0. The summed E-state index contributed by atoms with van der Waals surface area (Å²) in [6.07, 6.45) is 0. The van der Waals surface area contributed by atoms with Gasteiger partial charge in [0, 0.05) is 5.56 Å². The molecule has 60 valence electrons. The van der Waals surface area contributed by atoms with Crippen molar-refractivity contribution < 1.29 is 0 Å². The SMILES string of the molecule is N#Cc1ccccc1C(C#N)C#N. The molecule has 0 aliphatic carbocycles. The van der Waals surface area contributed by atoms with Crippen molar-refractivity contribution in [1.82, 2.24) is 0 Å². The summed E-state index contributed by atoms with van der Waals surface area (Å²) in [7, 11) is 0. The third-order valence-corrected chi connectivity index (χ3v) is 1.65. The van der Waals surface area contributed by atoms with Gasteiger partial charge in [-0.05, 0) is 6.07 Å². The molecule has 0 heterocycles. The first-order chi connectivity index (χ1) is 6.33. The van der Waals surface area contributed by atoms with Crippen LogP contribution in [-0.4, -0.2) is 0 Å². The molecule has 0 fully saturated rings. The van der Waals surface area contributed by atoms with Crippen LogP contribution in [0.5, 0.6) is 0 Å². The zero-order chi connectivity index (χ0) is 9.68. The number of nitriles is 3. The normalized spacial score (nSPS) is 8.46. The van der Waals surface area contributed by atoms with Crippen molar-refractivity contribution in [2.24, 2.45) is 0 Å². The van der Waals surface area contributed by atoms with E-state index in [0.717, 1.165) is 0 Å². The molecule has 1 aromatic carbocycles. The van der Waals surface area contributed by atoms with Gasteiger partial charge < -0.3 is 0 Å². The monoisotopic (exact) mass is 167 g/mol. The summed E-state index contributed by atoms with van der Waals surface area (Å²) in [5.41, 5.74) is 0.866. The Morgan fingerprint density at radius 2 is 1.62 bits per heavy atom. The van der Waals surface area contributed by atoms with E-state index in [2.05, 4.69) is 0 Å². The summed E-state index contributed by atoms with van der Waals surface area (Å²) >= 11 is 0. The number of rotatable bonds is 1. The maximum absolute atomic E-state index is 8.69. The van der Waals surface area contributed by atoms with E-state index in [0.29, 0.717) is 11.1 Å². The zero-order valence-electron chi connectivity index (χ0n) is 6.73. The highest BCUT2D eigenvalue weighted by Crippen LogP contribution is 2.17. The molecule has 0 aliphatic rings. The minimum atomic E-state index is -0.851. The van der Waals surface area contributed by atoms with Gasteiger partial charge >= 0.3 is 0 Å². The molecule has 3 nitrogen and oxygen atoms in total. The summed E-state index contributed by atoms with van der Waals surface area (Å²) < 4.78 is 0. The van der Waals surface area contributed by atoms with Gasteiger partial charge in [-0.2, -0.15) is 15.8 Å². The minimum Gasteiger partial charge on any atom is -0.196 e.